The van der Waals surface area contributed by atoms with Crippen molar-refractivity contribution in [2.24, 2.45) is 11.3 Å². The highest BCUT2D eigenvalue weighted by molar-refractivity contribution is 5.94. The molecule has 5 nitrogen and oxygen atoms in total. The van der Waals surface area contributed by atoms with Crippen LogP contribution in [0.4, 0.5) is 0 Å². The molecule has 122 valence electrons. The van der Waals surface area contributed by atoms with Crippen molar-refractivity contribution in [2.75, 3.05) is 19.8 Å². The van der Waals surface area contributed by atoms with Crippen molar-refractivity contribution in [3.8, 4) is 0 Å². The predicted octanol–water partition coefficient (Wildman–Crippen LogP) is 1.46. The largest absolute Gasteiger partial charge is 0.465 e. The van der Waals surface area contributed by atoms with Crippen LogP contribution in [0.1, 0.15) is 28.8 Å². The molecule has 1 amide bonds. The van der Waals surface area contributed by atoms with Gasteiger partial charge in [-0.1, -0.05) is 24.3 Å². The Bertz CT molecular complexity index is 654. The molecule has 1 saturated heterocycles. The van der Waals surface area contributed by atoms with E-state index in [1.165, 1.54) is 0 Å². The van der Waals surface area contributed by atoms with Gasteiger partial charge in [-0.15, -0.1) is 0 Å². The van der Waals surface area contributed by atoms with E-state index < -0.39 is 5.41 Å². The highest BCUT2D eigenvalue weighted by Crippen LogP contribution is 2.52. The number of amides is 1. The van der Waals surface area contributed by atoms with Crippen LogP contribution in [-0.4, -0.2) is 36.7 Å². The smallest absolute Gasteiger partial charge is 0.313 e. The lowest BCUT2D eigenvalue weighted by atomic mass is 9.75. The molecule has 1 aromatic carbocycles. The second-order valence-corrected chi connectivity index (χ2v) is 6.44. The summed E-state index contributed by atoms with van der Waals surface area (Å²) in [7, 11) is 0. The summed E-state index contributed by atoms with van der Waals surface area (Å²) >= 11 is 0. The number of aliphatic hydroxyl groups is 1. The Labute approximate surface area is 135 Å². The summed E-state index contributed by atoms with van der Waals surface area (Å²) in [6.07, 6.45) is 2.07. The molecule has 2 atom stereocenters. The van der Waals surface area contributed by atoms with Gasteiger partial charge in [-0.2, -0.15) is 0 Å². The number of cyclic esters (lactones) is 1. The number of carbonyl (C=O) groups is 2. The van der Waals surface area contributed by atoms with Crippen molar-refractivity contribution in [2.45, 2.75) is 19.3 Å². The average Bonchev–Trinajstić information content (AvgIpc) is 3.00. The van der Waals surface area contributed by atoms with Crippen LogP contribution in [0.15, 0.2) is 36.4 Å². The first-order chi connectivity index (χ1) is 11.0. The first kappa shape index (κ1) is 15.7. The van der Waals surface area contributed by atoms with Gasteiger partial charge in [0.2, 0.25) is 0 Å². The topological polar surface area (TPSA) is 75.6 Å². The molecule has 1 aliphatic heterocycles. The second-order valence-electron chi connectivity index (χ2n) is 6.44. The SMILES string of the molecule is C=C1CC2COC(=O)C2(Cc2cccc(C(=O)NCCO)c2)C1. The van der Waals surface area contributed by atoms with Crippen LogP contribution in [0.2, 0.25) is 0 Å². The van der Waals surface area contributed by atoms with Crippen LogP contribution < -0.4 is 5.32 Å². The fraction of sp³-hybridized carbons (Fsp3) is 0.444. The number of hydrogen-bond donors (Lipinski definition) is 2. The van der Waals surface area contributed by atoms with Gasteiger partial charge in [-0.05, 0) is 37.0 Å². The van der Waals surface area contributed by atoms with Gasteiger partial charge in [-0.25, -0.2) is 0 Å². The maximum Gasteiger partial charge on any atom is 0.313 e. The van der Waals surface area contributed by atoms with Crippen molar-refractivity contribution >= 4 is 11.9 Å². The quantitative estimate of drug-likeness (QED) is 0.637. The maximum atomic E-state index is 12.3. The van der Waals surface area contributed by atoms with Crippen molar-refractivity contribution < 1.29 is 19.4 Å². The Kier molecular flexibility index (Phi) is 4.22. The summed E-state index contributed by atoms with van der Waals surface area (Å²) < 4.78 is 5.29. The molecule has 3 rings (SSSR count). The summed E-state index contributed by atoms with van der Waals surface area (Å²) in [5.74, 6) is -0.176. The fourth-order valence-corrected chi connectivity index (χ4v) is 3.72. The number of hydrogen-bond acceptors (Lipinski definition) is 4. The minimum absolute atomic E-state index is 0.0931. The van der Waals surface area contributed by atoms with Crippen molar-refractivity contribution in [3.63, 3.8) is 0 Å². The van der Waals surface area contributed by atoms with Crippen LogP contribution >= 0.6 is 0 Å². The van der Waals surface area contributed by atoms with E-state index in [1.807, 2.05) is 18.2 Å². The lowest BCUT2D eigenvalue weighted by Crippen LogP contribution is -2.31. The van der Waals surface area contributed by atoms with E-state index in [-0.39, 0.29) is 30.9 Å². The van der Waals surface area contributed by atoms with Gasteiger partial charge in [0, 0.05) is 18.0 Å². The lowest BCUT2D eigenvalue weighted by Gasteiger charge is -2.24. The van der Waals surface area contributed by atoms with E-state index >= 15 is 0 Å². The number of allylic oxidation sites excluding steroid dienone is 1. The van der Waals surface area contributed by atoms with Crippen molar-refractivity contribution in [3.05, 3.63) is 47.5 Å². The molecule has 1 aromatic rings. The number of ether oxygens (including phenoxy) is 1. The second kappa shape index (κ2) is 6.16. The maximum absolute atomic E-state index is 12.3. The summed E-state index contributed by atoms with van der Waals surface area (Å²) in [4.78, 5) is 24.3. The van der Waals surface area contributed by atoms with E-state index in [0.29, 0.717) is 25.0 Å². The van der Waals surface area contributed by atoms with Crippen LogP contribution in [-0.2, 0) is 16.0 Å². The predicted molar refractivity (Wildman–Crippen MR) is 84.8 cm³/mol. The highest BCUT2D eigenvalue weighted by Gasteiger charge is 2.55. The number of rotatable bonds is 5. The molecule has 1 saturated carbocycles. The monoisotopic (exact) mass is 315 g/mol. The third-order valence-electron chi connectivity index (χ3n) is 4.81. The summed E-state index contributed by atoms with van der Waals surface area (Å²) in [5, 5.41) is 11.4. The van der Waals surface area contributed by atoms with Gasteiger partial charge >= 0.3 is 5.97 Å². The average molecular weight is 315 g/mol. The molecule has 0 spiro atoms. The van der Waals surface area contributed by atoms with Crippen LogP contribution in [0.25, 0.3) is 0 Å². The van der Waals surface area contributed by atoms with Crippen LogP contribution in [0, 0.1) is 11.3 Å². The third-order valence-corrected chi connectivity index (χ3v) is 4.81. The molecule has 23 heavy (non-hydrogen) atoms. The molecule has 1 heterocycles. The van der Waals surface area contributed by atoms with E-state index in [1.54, 1.807) is 6.07 Å². The number of esters is 1. The van der Waals surface area contributed by atoms with Crippen LogP contribution in [0.3, 0.4) is 0 Å². The number of nitrogens with one attached hydrogen (secondary N) is 1. The number of fused-ring (bicyclic) bond motifs is 1. The fourth-order valence-electron chi connectivity index (χ4n) is 3.72. The lowest BCUT2D eigenvalue weighted by molar-refractivity contribution is -0.146. The summed E-state index contributed by atoms with van der Waals surface area (Å²) in [6.45, 7) is 4.64. The van der Waals surface area contributed by atoms with E-state index in [0.717, 1.165) is 17.6 Å². The minimum Gasteiger partial charge on any atom is -0.465 e. The molecular formula is C18H21NO4. The molecule has 2 fully saturated rings. The van der Waals surface area contributed by atoms with Gasteiger partial charge in [0.25, 0.3) is 5.91 Å². The molecule has 5 heteroatoms. The van der Waals surface area contributed by atoms with Gasteiger partial charge in [0.1, 0.15) is 0 Å². The minimum atomic E-state index is -0.517. The third kappa shape index (κ3) is 2.88. The first-order valence-electron chi connectivity index (χ1n) is 7.87. The molecule has 2 N–H and O–H groups in total. The molecule has 0 radical (unpaired) electrons. The zero-order valence-electron chi connectivity index (χ0n) is 13.0. The Morgan fingerprint density at radius 1 is 1.48 bits per heavy atom. The Morgan fingerprint density at radius 2 is 2.30 bits per heavy atom. The molecule has 0 bridgehead atoms. The van der Waals surface area contributed by atoms with Crippen molar-refractivity contribution in [1.29, 1.82) is 0 Å². The van der Waals surface area contributed by atoms with Gasteiger partial charge in [-0.3, -0.25) is 9.59 Å². The van der Waals surface area contributed by atoms with Crippen molar-refractivity contribution in [1.82, 2.24) is 5.32 Å². The number of benzene rings is 1. The zero-order valence-corrected chi connectivity index (χ0v) is 13.0. The Balaban J connectivity index is 1.81. The first-order valence-corrected chi connectivity index (χ1v) is 7.87. The summed E-state index contributed by atoms with van der Waals surface area (Å²) in [6, 6.07) is 7.29. The van der Waals surface area contributed by atoms with Gasteiger partial charge in [0.05, 0.1) is 18.6 Å². The van der Waals surface area contributed by atoms with E-state index in [9.17, 15) is 9.59 Å². The highest BCUT2D eigenvalue weighted by atomic mass is 16.5. The normalized spacial score (nSPS) is 26.0. The Morgan fingerprint density at radius 3 is 3.09 bits per heavy atom. The molecule has 2 unspecified atom stereocenters. The van der Waals surface area contributed by atoms with Gasteiger partial charge in [0.15, 0.2) is 0 Å². The standard InChI is InChI=1S/C18H21NO4/c1-12-7-15-11-23-17(22)18(15,9-12)10-13-3-2-4-14(8-13)16(21)19-5-6-20/h2-4,8,15,20H,1,5-7,9-11H2,(H,19,21). The molecular weight excluding hydrogens is 294 g/mol. The van der Waals surface area contributed by atoms with Gasteiger partial charge < -0.3 is 15.2 Å². The summed E-state index contributed by atoms with van der Waals surface area (Å²) in [5.41, 5.74) is 2.06. The molecule has 1 aliphatic carbocycles. The molecule has 0 aromatic heterocycles. The van der Waals surface area contributed by atoms with E-state index in [2.05, 4.69) is 11.9 Å². The van der Waals surface area contributed by atoms with Crippen LogP contribution in [0.5, 0.6) is 0 Å². The number of carbonyl (C=O) groups excluding carboxylic acids is 2. The zero-order chi connectivity index (χ0) is 16.4. The number of aliphatic hydroxyl groups excluding tert-OH is 1. The molecule has 2 aliphatic rings. The van der Waals surface area contributed by atoms with E-state index in [4.69, 9.17) is 9.84 Å². The Hall–Kier alpha value is -2.14.